The second kappa shape index (κ2) is 6.93. The van der Waals surface area contributed by atoms with E-state index in [9.17, 15) is 4.79 Å². The fraction of sp³-hybridized carbons (Fsp3) is 0.350. The Morgan fingerprint density at radius 1 is 1.19 bits per heavy atom. The molecule has 0 atom stereocenters. The number of hydrogen-bond donors (Lipinski definition) is 0. The SMILES string of the molecule is Cc1nc(C)c(-c2csc(CC(=O)C3CN(c4ccccc4C)C3)n2)s1. The summed E-state index contributed by atoms with van der Waals surface area (Å²) in [5.74, 6) is 0.419. The van der Waals surface area contributed by atoms with Gasteiger partial charge in [0.1, 0.15) is 10.8 Å². The van der Waals surface area contributed by atoms with Crippen LogP contribution in [0.15, 0.2) is 29.6 Å². The van der Waals surface area contributed by atoms with Crippen molar-refractivity contribution in [3.63, 3.8) is 0 Å². The molecule has 4 nitrogen and oxygen atoms in total. The minimum absolute atomic E-state index is 0.120. The zero-order chi connectivity index (χ0) is 18.3. The summed E-state index contributed by atoms with van der Waals surface area (Å²) in [5, 5.41) is 4.00. The Bertz CT molecular complexity index is 954. The summed E-state index contributed by atoms with van der Waals surface area (Å²) < 4.78 is 0. The molecule has 2 aromatic heterocycles. The molecule has 1 aromatic carbocycles. The highest BCUT2D eigenvalue weighted by atomic mass is 32.1. The molecule has 26 heavy (non-hydrogen) atoms. The molecule has 0 amide bonds. The second-order valence-corrected chi connectivity index (χ2v) is 8.95. The van der Waals surface area contributed by atoms with E-state index in [-0.39, 0.29) is 5.92 Å². The standard InChI is InChI=1S/C20H21N3OS2/c1-12-6-4-5-7-17(12)23-9-15(10-23)18(24)8-19-22-16(11-25-19)20-13(2)21-14(3)26-20/h4-7,11,15H,8-10H2,1-3H3. The molecular formula is C20H21N3OS2. The highest BCUT2D eigenvalue weighted by Gasteiger charge is 2.33. The summed E-state index contributed by atoms with van der Waals surface area (Å²) in [7, 11) is 0. The topological polar surface area (TPSA) is 46.1 Å². The van der Waals surface area contributed by atoms with Gasteiger partial charge in [-0.05, 0) is 32.4 Å². The molecule has 4 rings (SSSR count). The number of Topliss-reactive ketones (excluding diaryl/α,β-unsaturated/α-hetero) is 1. The smallest absolute Gasteiger partial charge is 0.146 e. The Morgan fingerprint density at radius 3 is 2.65 bits per heavy atom. The normalized spacial score (nSPS) is 14.5. The van der Waals surface area contributed by atoms with Gasteiger partial charge in [-0.1, -0.05) is 18.2 Å². The largest absolute Gasteiger partial charge is 0.370 e. The molecule has 3 aromatic rings. The lowest BCUT2D eigenvalue weighted by molar-refractivity contribution is -0.122. The quantitative estimate of drug-likeness (QED) is 0.653. The second-order valence-electron chi connectivity index (χ2n) is 6.81. The van der Waals surface area contributed by atoms with Crippen LogP contribution < -0.4 is 4.90 Å². The van der Waals surface area contributed by atoms with Crippen molar-refractivity contribution in [1.82, 2.24) is 9.97 Å². The number of aryl methyl sites for hydroxylation is 3. The lowest BCUT2D eigenvalue weighted by Gasteiger charge is -2.40. The van der Waals surface area contributed by atoms with E-state index in [4.69, 9.17) is 0 Å². The molecule has 0 N–H and O–H groups in total. The van der Waals surface area contributed by atoms with Crippen molar-refractivity contribution in [2.24, 2.45) is 5.92 Å². The predicted molar refractivity (Wildman–Crippen MR) is 108 cm³/mol. The van der Waals surface area contributed by atoms with Crippen LogP contribution in [0.2, 0.25) is 0 Å². The lowest BCUT2D eigenvalue weighted by Crippen LogP contribution is -2.51. The van der Waals surface area contributed by atoms with E-state index in [1.165, 1.54) is 11.3 Å². The van der Waals surface area contributed by atoms with Crippen molar-refractivity contribution < 1.29 is 4.79 Å². The Labute approximate surface area is 161 Å². The summed E-state index contributed by atoms with van der Waals surface area (Å²) in [5.41, 5.74) is 4.47. The number of thiazole rings is 2. The van der Waals surface area contributed by atoms with Crippen LogP contribution in [0.3, 0.4) is 0 Å². The summed E-state index contributed by atoms with van der Waals surface area (Å²) in [6, 6.07) is 8.35. The van der Waals surface area contributed by atoms with Crippen molar-refractivity contribution in [3.05, 3.63) is 50.9 Å². The van der Waals surface area contributed by atoms with Gasteiger partial charge in [0.15, 0.2) is 0 Å². The molecule has 1 aliphatic heterocycles. The zero-order valence-corrected chi connectivity index (χ0v) is 16.8. The van der Waals surface area contributed by atoms with Gasteiger partial charge < -0.3 is 4.90 Å². The number of anilines is 1. The van der Waals surface area contributed by atoms with Crippen LogP contribution in [0.1, 0.15) is 21.3 Å². The molecule has 0 unspecified atom stereocenters. The maximum Gasteiger partial charge on any atom is 0.146 e. The number of para-hydroxylation sites is 1. The molecule has 1 aliphatic rings. The molecule has 134 valence electrons. The van der Waals surface area contributed by atoms with Crippen molar-refractivity contribution >= 4 is 34.1 Å². The maximum absolute atomic E-state index is 12.6. The van der Waals surface area contributed by atoms with E-state index in [1.807, 2.05) is 25.3 Å². The fourth-order valence-corrected chi connectivity index (χ4v) is 5.11. The van der Waals surface area contributed by atoms with E-state index in [0.717, 1.165) is 39.4 Å². The molecule has 0 aliphatic carbocycles. The van der Waals surface area contributed by atoms with Gasteiger partial charge in [-0.3, -0.25) is 4.79 Å². The van der Waals surface area contributed by atoms with Crippen LogP contribution in [-0.4, -0.2) is 28.8 Å². The summed E-state index contributed by atoms with van der Waals surface area (Å²) >= 11 is 3.24. The van der Waals surface area contributed by atoms with Gasteiger partial charge in [0.05, 0.1) is 33.6 Å². The lowest BCUT2D eigenvalue weighted by atomic mass is 9.92. The number of benzene rings is 1. The number of carbonyl (C=O) groups excluding carboxylic acids is 1. The fourth-order valence-electron chi connectivity index (χ4n) is 3.36. The van der Waals surface area contributed by atoms with E-state index in [1.54, 1.807) is 22.7 Å². The molecule has 0 radical (unpaired) electrons. The molecule has 1 fully saturated rings. The highest BCUT2D eigenvalue weighted by molar-refractivity contribution is 7.16. The van der Waals surface area contributed by atoms with E-state index >= 15 is 0 Å². The highest BCUT2D eigenvalue weighted by Crippen LogP contribution is 2.32. The third kappa shape index (κ3) is 3.31. The van der Waals surface area contributed by atoms with Gasteiger partial charge in [0.25, 0.3) is 0 Å². The first-order valence-corrected chi connectivity index (χ1v) is 10.4. The first kappa shape index (κ1) is 17.4. The van der Waals surface area contributed by atoms with Crippen LogP contribution >= 0.6 is 22.7 Å². The maximum atomic E-state index is 12.6. The molecule has 1 saturated heterocycles. The van der Waals surface area contributed by atoms with Crippen molar-refractivity contribution in [3.8, 4) is 10.6 Å². The van der Waals surface area contributed by atoms with Gasteiger partial charge in [-0.15, -0.1) is 22.7 Å². The van der Waals surface area contributed by atoms with Crippen LogP contribution in [0, 0.1) is 26.7 Å². The van der Waals surface area contributed by atoms with Crippen LogP contribution in [0.5, 0.6) is 0 Å². The number of rotatable bonds is 5. The first-order chi connectivity index (χ1) is 12.5. The third-order valence-electron chi connectivity index (χ3n) is 4.81. The molecule has 0 saturated carbocycles. The van der Waals surface area contributed by atoms with Gasteiger partial charge in [0, 0.05) is 24.2 Å². The molecular weight excluding hydrogens is 362 g/mol. The van der Waals surface area contributed by atoms with Crippen LogP contribution in [-0.2, 0) is 11.2 Å². The van der Waals surface area contributed by atoms with Crippen LogP contribution in [0.25, 0.3) is 10.6 Å². The van der Waals surface area contributed by atoms with Gasteiger partial charge in [-0.2, -0.15) is 0 Å². The van der Waals surface area contributed by atoms with E-state index < -0.39 is 0 Å². The molecule has 3 heterocycles. The average molecular weight is 384 g/mol. The Balaban J connectivity index is 1.38. The Hall–Kier alpha value is -2.05. The Kier molecular flexibility index (Phi) is 4.63. The monoisotopic (exact) mass is 383 g/mol. The minimum atomic E-state index is 0.120. The average Bonchev–Trinajstić information content (AvgIpc) is 3.13. The predicted octanol–water partition coefficient (Wildman–Crippen LogP) is 4.44. The van der Waals surface area contributed by atoms with E-state index in [2.05, 4.69) is 40.0 Å². The number of hydrogen-bond acceptors (Lipinski definition) is 6. The first-order valence-electron chi connectivity index (χ1n) is 8.73. The van der Waals surface area contributed by atoms with Crippen molar-refractivity contribution in [2.75, 3.05) is 18.0 Å². The molecule has 0 spiro atoms. The van der Waals surface area contributed by atoms with Gasteiger partial charge in [-0.25, -0.2) is 9.97 Å². The van der Waals surface area contributed by atoms with Gasteiger partial charge >= 0.3 is 0 Å². The molecule has 6 heteroatoms. The van der Waals surface area contributed by atoms with Crippen molar-refractivity contribution in [1.29, 1.82) is 0 Å². The third-order valence-corrected chi connectivity index (χ3v) is 6.75. The van der Waals surface area contributed by atoms with Crippen LogP contribution in [0.4, 0.5) is 5.69 Å². The minimum Gasteiger partial charge on any atom is -0.370 e. The Morgan fingerprint density at radius 2 is 1.96 bits per heavy atom. The summed E-state index contributed by atoms with van der Waals surface area (Å²) in [4.78, 5) is 25.2. The summed E-state index contributed by atoms with van der Waals surface area (Å²) in [6.07, 6.45) is 0.438. The number of carbonyl (C=O) groups is 1. The van der Waals surface area contributed by atoms with Gasteiger partial charge in [0.2, 0.25) is 0 Å². The zero-order valence-electron chi connectivity index (χ0n) is 15.2. The number of ketones is 1. The van der Waals surface area contributed by atoms with E-state index in [0.29, 0.717) is 12.2 Å². The number of nitrogens with zero attached hydrogens (tertiary/aromatic N) is 3. The summed E-state index contributed by atoms with van der Waals surface area (Å²) in [6.45, 7) is 7.77. The number of aromatic nitrogens is 2. The molecule has 0 bridgehead atoms. The van der Waals surface area contributed by atoms with Crippen molar-refractivity contribution in [2.45, 2.75) is 27.2 Å².